The van der Waals surface area contributed by atoms with Gasteiger partial charge in [0.2, 0.25) is 0 Å². The normalized spacial score (nSPS) is 11.7. The third-order valence-corrected chi connectivity index (χ3v) is 3.46. The lowest BCUT2D eigenvalue weighted by atomic mass is 10.2. The summed E-state index contributed by atoms with van der Waals surface area (Å²) in [6.45, 7) is 0.0499. The number of halogens is 3. The summed E-state index contributed by atoms with van der Waals surface area (Å²) in [6.07, 6.45) is -3.25. The quantitative estimate of drug-likeness (QED) is 0.692. The molecular formula is C16H15F3N4O3. The van der Waals surface area contributed by atoms with Crippen molar-refractivity contribution in [3.63, 3.8) is 0 Å². The Bertz CT molecular complexity index is 894. The van der Waals surface area contributed by atoms with Crippen LogP contribution in [0, 0.1) is 0 Å². The Morgan fingerprint density at radius 3 is 2.50 bits per heavy atom. The average Bonchev–Trinajstić information content (AvgIpc) is 2.99. The second kappa shape index (κ2) is 7.18. The summed E-state index contributed by atoms with van der Waals surface area (Å²) < 4.78 is 47.6. The number of ether oxygens (including phenoxy) is 2. The molecular weight excluding hydrogens is 353 g/mol. The molecule has 0 radical (unpaired) electrons. The molecule has 0 fully saturated rings. The van der Waals surface area contributed by atoms with E-state index in [1.54, 1.807) is 6.07 Å². The van der Waals surface area contributed by atoms with E-state index in [-0.39, 0.29) is 25.5 Å². The van der Waals surface area contributed by atoms with Crippen LogP contribution in [0.4, 0.5) is 13.2 Å². The lowest BCUT2D eigenvalue weighted by Crippen LogP contribution is -2.17. The van der Waals surface area contributed by atoms with Gasteiger partial charge in [0.15, 0.2) is 5.65 Å². The van der Waals surface area contributed by atoms with E-state index in [1.165, 1.54) is 35.1 Å². The van der Waals surface area contributed by atoms with Crippen LogP contribution in [0.25, 0.3) is 16.7 Å². The molecule has 0 atom stereocenters. The predicted octanol–water partition coefficient (Wildman–Crippen LogP) is 2.15. The Morgan fingerprint density at radius 2 is 1.88 bits per heavy atom. The van der Waals surface area contributed by atoms with Gasteiger partial charge in [0.1, 0.15) is 18.1 Å². The highest BCUT2D eigenvalue weighted by molar-refractivity contribution is 5.86. The molecule has 0 saturated carbocycles. The van der Waals surface area contributed by atoms with Crippen molar-refractivity contribution in [3.8, 4) is 17.2 Å². The molecule has 138 valence electrons. The van der Waals surface area contributed by atoms with Crippen LogP contribution >= 0.6 is 0 Å². The molecule has 0 bridgehead atoms. The molecule has 3 aromatic rings. The van der Waals surface area contributed by atoms with Crippen molar-refractivity contribution in [2.45, 2.75) is 12.9 Å². The standard InChI is InChI=1S/C16H15F3N4O3/c17-16(18,19)26-11-3-1-10(2-4-11)23-15-14(12(9-20)22-23)13(5-6-21-15)25-8-7-24/h1-6,24H,7-9,20H2. The number of alkyl halides is 3. The highest BCUT2D eigenvalue weighted by Gasteiger charge is 2.31. The molecule has 0 aliphatic heterocycles. The lowest BCUT2D eigenvalue weighted by Gasteiger charge is -2.09. The van der Waals surface area contributed by atoms with Crippen LogP contribution in [0.15, 0.2) is 36.5 Å². The zero-order valence-electron chi connectivity index (χ0n) is 13.4. The van der Waals surface area contributed by atoms with Crippen LogP contribution in [0.1, 0.15) is 5.69 Å². The molecule has 26 heavy (non-hydrogen) atoms. The number of aliphatic hydroxyl groups excluding tert-OH is 1. The zero-order valence-corrected chi connectivity index (χ0v) is 13.4. The van der Waals surface area contributed by atoms with Gasteiger partial charge in [-0.15, -0.1) is 13.2 Å². The second-order valence-corrected chi connectivity index (χ2v) is 5.18. The number of fused-ring (bicyclic) bond motifs is 1. The Kier molecular flexibility index (Phi) is 4.96. The fraction of sp³-hybridized carbons (Fsp3) is 0.250. The largest absolute Gasteiger partial charge is 0.573 e. The van der Waals surface area contributed by atoms with E-state index in [9.17, 15) is 13.2 Å². The smallest absolute Gasteiger partial charge is 0.490 e. The second-order valence-electron chi connectivity index (χ2n) is 5.18. The van der Waals surface area contributed by atoms with Crippen molar-refractivity contribution in [2.24, 2.45) is 5.73 Å². The predicted molar refractivity (Wildman–Crippen MR) is 86.0 cm³/mol. The van der Waals surface area contributed by atoms with Gasteiger partial charge in [-0.1, -0.05) is 0 Å². The molecule has 7 nitrogen and oxygen atoms in total. The Morgan fingerprint density at radius 1 is 1.15 bits per heavy atom. The summed E-state index contributed by atoms with van der Waals surface area (Å²) in [7, 11) is 0. The highest BCUT2D eigenvalue weighted by Crippen LogP contribution is 2.30. The van der Waals surface area contributed by atoms with Crippen LogP contribution in [-0.4, -0.2) is 39.4 Å². The number of pyridine rings is 1. The topological polar surface area (TPSA) is 95.4 Å². The number of nitrogens with zero attached hydrogens (tertiary/aromatic N) is 3. The number of aromatic nitrogens is 3. The minimum Gasteiger partial charge on any atom is -0.490 e. The molecule has 0 spiro atoms. The fourth-order valence-electron chi connectivity index (χ4n) is 2.47. The molecule has 2 heterocycles. The SMILES string of the molecule is NCc1nn(-c2ccc(OC(F)(F)F)cc2)c2nccc(OCCO)c12. The maximum atomic E-state index is 12.3. The van der Waals surface area contributed by atoms with Crippen molar-refractivity contribution in [3.05, 3.63) is 42.2 Å². The summed E-state index contributed by atoms with van der Waals surface area (Å²) >= 11 is 0. The van der Waals surface area contributed by atoms with Crippen LogP contribution in [0.3, 0.4) is 0 Å². The van der Waals surface area contributed by atoms with Crippen molar-refractivity contribution in [1.29, 1.82) is 0 Å². The minimum atomic E-state index is -4.76. The Hall–Kier alpha value is -2.85. The lowest BCUT2D eigenvalue weighted by molar-refractivity contribution is -0.274. The monoisotopic (exact) mass is 368 g/mol. The molecule has 3 rings (SSSR count). The van der Waals surface area contributed by atoms with E-state index in [0.29, 0.717) is 28.2 Å². The molecule has 0 amide bonds. The first-order valence-electron chi connectivity index (χ1n) is 7.59. The van der Waals surface area contributed by atoms with Gasteiger partial charge in [-0.25, -0.2) is 9.67 Å². The van der Waals surface area contributed by atoms with E-state index < -0.39 is 6.36 Å². The van der Waals surface area contributed by atoms with Crippen molar-refractivity contribution < 1.29 is 27.8 Å². The first-order valence-corrected chi connectivity index (χ1v) is 7.59. The van der Waals surface area contributed by atoms with Gasteiger partial charge >= 0.3 is 6.36 Å². The first-order chi connectivity index (χ1) is 12.4. The summed E-state index contributed by atoms with van der Waals surface area (Å²) in [5.41, 5.74) is 7.17. The number of hydrogen-bond donors (Lipinski definition) is 2. The van der Waals surface area contributed by atoms with E-state index in [2.05, 4.69) is 14.8 Å². The van der Waals surface area contributed by atoms with Gasteiger partial charge in [-0.3, -0.25) is 0 Å². The van der Waals surface area contributed by atoms with Gasteiger partial charge < -0.3 is 20.3 Å². The van der Waals surface area contributed by atoms with Crippen LogP contribution < -0.4 is 15.2 Å². The highest BCUT2D eigenvalue weighted by atomic mass is 19.4. The fourth-order valence-corrected chi connectivity index (χ4v) is 2.47. The van der Waals surface area contributed by atoms with E-state index in [1.807, 2.05) is 0 Å². The third-order valence-electron chi connectivity index (χ3n) is 3.46. The molecule has 0 aliphatic carbocycles. The van der Waals surface area contributed by atoms with Gasteiger partial charge in [0, 0.05) is 12.7 Å². The number of benzene rings is 1. The van der Waals surface area contributed by atoms with E-state index in [4.69, 9.17) is 15.6 Å². The van der Waals surface area contributed by atoms with Crippen molar-refractivity contribution in [1.82, 2.24) is 14.8 Å². The van der Waals surface area contributed by atoms with Gasteiger partial charge in [0.05, 0.1) is 23.4 Å². The third kappa shape index (κ3) is 3.70. The molecule has 10 heteroatoms. The number of aliphatic hydroxyl groups is 1. The molecule has 1 aromatic carbocycles. The minimum absolute atomic E-state index is 0.0950. The van der Waals surface area contributed by atoms with Gasteiger partial charge in [-0.05, 0) is 30.3 Å². The Balaban J connectivity index is 2.03. The maximum absolute atomic E-state index is 12.3. The summed E-state index contributed by atoms with van der Waals surface area (Å²) in [5, 5.41) is 13.9. The number of rotatable bonds is 6. The number of hydrogen-bond acceptors (Lipinski definition) is 6. The molecule has 0 unspecified atom stereocenters. The average molecular weight is 368 g/mol. The molecule has 2 aromatic heterocycles. The molecule has 3 N–H and O–H groups in total. The Labute approximate surface area is 145 Å². The first kappa shape index (κ1) is 18.0. The number of nitrogens with two attached hydrogens (primary N) is 1. The van der Waals surface area contributed by atoms with Crippen LogP contribution in [0.2, 0.25) is 0 Å². The maximum Gasteiger partial charge on any atom is 0.573 e. The van der Waals surface area contributed by atoms with Crippen LogP contribution in [-0.2, 0) is 6.54 Å². The van der Waals surface area contributed by atoms with Crippen molar-refractivity contribution >= 4 is 11.0 Å². The van der Waals surface area contributed by atoms with E-state index in [0.717, 1.165) is 0 Å². The van der Waals surface area contributed by atoms with Gasteiger partial charge in [0.25, 0.3) is 0 Å². The zero-order chi connectivity index (χ0) is 18.7. The van der Waals surface area contributed by atoms with Crippen molar-refractivity contribution in [2.75, 3.05) is 13.2 Å². The van der Waals surface area contributed by atoms with Crippen LogP contribution in [0.5, 0.6) is 11.5 Å². The summed E-state index contributed by atoms with van der Waals surface area (Å²) in [5.74, 6) is 0.129. The molecule has 0 aliphatic rings. The molecule has 0 saturated heterocycles. The summed E-state index contributed by atoms with van der Waals surface area (Å²) in [4.78, 5) is 4.27. The van der Waals surface area contributed by atoms with Gasteiger partial charge in [-0.2, -0.15) is 5.10 Å². The summed E-state index contributed by atoms with van der Waals surface area (Å²) in [6, 6.07) is 6.85. The van der Waals surface area contributed by atoms with E-state index >= 15 is 0 Å².